The molecule has 1 aromatic rings. The number of halogens is 3. The molecule has 4 nitrogen and oxygen atoms in total. The normalized spacial score (nSPS) is 11.3. The minimum atomic E-state index is -4.41. The fourth-order valence-electron chi connectivity index (χ4n) is 1.08. The highest BCUT2D eigenvalue weighted by Gasteiger charge is 2.29. The highest BCUT2D eigenvalue weighted by molar-refractivity contribution is 7.10. The molecule has 0 radical (unpaired) electrons. The van der Waals surface area contributed by atoms with E-state index in [-0.39, 0.29) is 5.56 Å². The maximum absolute atomic E-state index is 11.9. The molecule has 1 heterocycles. The third-order valence-corrected chi connectivity index (χ3v) is 2.72. The van der Waals surface area contributed by atoms with Crippen molar-refractivity contribution in [1.82, 2.24) is 9.69 Å². The molecule has 0 bridgehead atoms. The van der Waals surface area contributed by atoms with Crippen molar-refractivity contribution in [2.75, 3.05) is 18.9 Å². The Morgan fingerprint density at radius 1 is 1.50 bits per heavy atom. The molecule has 0 unspecified atom stereocenters. The van der Waals surface area contributed by atoms with Gasteiger partial charge in [0.1, 0.15) is 11.5 Å². The predicted octanol–water partition coefficient (Wildman–Crippen LogP) is 1.79. The van der Waals surface area contributed by atoms with E-state index in [0.29, 0.717) is 10.7 Å². The van der Waals surface area contributed by atoms with E-state index in [1.165, 1.54) is 0 Å². The van der Waals surface area contributed by atoms with E-state index in [1.807, 2.05) is 0 Å². The summed E-state index contributed by atoms with van der Waals surface area (Å²) in [6, 6.07) is 0. The third kappa shape index (κ3) is 3.09. The lowest BCUT2D eigenvalue weighted by Gasteiger charge is -2.08. The van der Waals surface area contributed by atoms with Gasteiger partial charge in [0.2, 0.25) is 0 Å². The Kier molecular flexibility index (Phi) is 3.74. The summed E-state index contributed by atoms with van der Waals surface area (Å²) in [5.74, 6) is -0.770. The molecule has 0 aliphatic heterocycles. The summed E-state index contributed by atoms with van der Waals surface area (Å²) < 4.78 is 39.6. The molecular weight excluding hydrogens is 243 g/mol. The topological polar surface area (TPSA) is 54.0 Å². The van der Waals surface area contributed by atoms with Crippen molar-refractivity contribution in [2.45, 2.75) is 13.1 Å². The number of nitrogens with zero attached hydrogens (tertiary/aromatic N) is 1. The van der Waals surface area contributed by atoms with Gasteiger partial charge < -0.3 is 10.6 Å². The van der Waals surface area contributed by atoms with Crippen molar-refractivity contribution in [3.63, 3.8) is 0 Å². The average Bonchev–Trinajstić information content (AvgIpc) is 2.55. The first-order valence-electron chi connectivity index (χ1n) is 4.34. The lowest BCUT2D eigenvalue weighted by atomic mass is 10.2. The van der Waals surface area contributed by atoms with Crippen LogP contribution >= 0.6 is 11.5 Å². The smallest absolute Gasteiger partial charge is 0.378 e. The van der Waals surface area contributed by atoms with E-state index in [2.05, 4.69) is 9.69 Å². The summed E-state index contributed by atoms with van der Waals surface area (Å²) in [4.78, 5) is 11.5. The predicted molar refractivity (Wildman–Crippen MR) is 54.8 cm³/mol. The third-order valence-electron chi connectivity index (χ3n) is 1.77. The zero-order valence-corrected chi connectivity index (χ0v) is 9.42. The molecule has 90 valence electrons. The minimum Gasteiger partial charge on any atom is -0.378 e. The van der Waals surface area contributed by atoms with Gasteiger partial charge in [-0.2, -0.15) is 17.5 Å². The summed E-state index contributed by atoms with van der Waals surface area (Å²) in [5, 5.41) is 4.97. The average molecular weight is 253 g/mol. The van der Waals surface area contributed by atoms with E-state index in [9.17, 15) is 18.0 Å². The van der Waals surface area contributed by atoms with Gasteiger partial charge in [0.25, 0.3) is 5.91 Å². The summed E-state index contributed by atoms with van der Waals surface area (Å²) in [7, 11) is 1.58. The van der Waals surface area contributed by atoms with Gasteiger partial charge in [-0.25, -0.2) is 0 Å². The highest BCUT2D eigenvalue weighted by atomic mass is 32.1. The van der Waals surface area contributed by atoms with Crippen LogP contribution in [0.3, 0.4) is 0 Å². The minimum absolute atomic E-state index is 0.164. The van der Waals surface area contributed by atoms with Gasteiger partial charge in [-0.3, -0.25) is 4.79 Å². The van der Waals surface area contributed by atoms with Crippen LogP contribution in [-0.2, 0) is 0 Å². The second kappa shape index (κ2) is 4.69. The zero-order chi connectivity index (χ0) is 12.3. The molecule has 0 spiro atoms. The number of aryl methyl sites for hydroxylation is 1. The second-order valence-electron chi connectivity index (χ2n) is 3.02. The van der Waals surface area contributed by atoms with Gasteiger partial charge in [-0.15, -0.1) is 0 Å². The SMILES string of the molecule is CNc1snc(C)c1C(=O)NCC(F)(F)F. The first kappa shape index (κ1) is 12.8. The fourth-order valence-corrected chi connectivity index (χ4v) is 1.82. The fraction of sp³-hybridized carbons (Fsp3) is 0.500. The molecule has 0 aliphatic carbocycles. The number of nitrogens with one attached hydrogen (secondary N) is 2. The molecular formula is C8H10F3N3OS. The summed E-state index contributed by atoms with van der Waals surface area (Å²) >= 11 is 1.03. The molecule has 0 aromatic carbocycles. The van der Waals surface area contributed by atoms with Crippen LogP contribution in [0.4, 0.5) is 18.2 Å². The molecule has 0 saturated carbocycles. The molecule has 0 saturated heterocycles. The molecule has 0 aliphatic rings. The second-order valence-corrected chi connectivity index (χ2v) is 3.79. The van der Waals surface area contributed by atoms with Crippen molar-refractivity contribution in [2.24, 2.45) is 0 Å². The Bertz CT molecular complexity index is 388. The number of aromatic nitrogens is 1. The Balaban J connectivity index is 2.76. The number of amides is 1. The van der Waals surface area contributed by atoms with E-state index in [4.69, 9.17) is 0 Å². The highest BCUT2D eigenvalue weighted by Crippen LogP contribution is 2.23. The van der Waals surface area contributed by atoms with Gasteiger partial charge in [0.05, 0.1) is 11.3 Å². The lowest BCUT2D eigenvalue weighted by Crippen LogP contribution is -2.34. The number of carbonyl (C=O) groups is 1. The van der Waals surface area contributed by atoms with Crippen LogP contribution in [-0.4, -0.2) is 30.0 Å². The first-order chi connectivity index (χ1) is 7.35. The van der Waals surface area contributed by atoms with Gasteiger partial charge >= 0.3 is 6.18 Å². The Morgan fingerprint density at radius 2 is 2.12 bits per heavy atom. The summed E-state index contributed by atoms with van der Waals surface area (Å²) in [5.41, 5.74) is 0.575. The first-order valence-corrected chi connectivity index (χ1v) is 5.11. The molecule has 1 rings (SSSR count). The van der Waals surface area contributed by atoms with Crippen molar-refractivity contribution < 1.29 is 18.0 Å². The summed E-state index contributed by atoms with van der Waals surface area (Å²) in [6.45, 7) is 0.226. The molecule has 2 N–H and O–H groups in total. The number of alkyl halides is 3. The number of rotatable bonds is 3. The number of hydrogen-bond donors (Lipinski definition) is 2. The molecule has 1 amide bonds. The van der Waals surface area contributed by atoms with Crippen molar-refractivity contribution in [3.8, 4) is 0 Å². The van der Waals surface area contributed by atoms with E-state index in [0.717, 1.165) is 11.5 Å². The van der Waals surface area contributed by atoms with Gasteiger partial charge in [0, 0.05) is 7.05 Å². The van der Waals surface area contributed by atoms with Crippen LogP contribution in [0.15, 0.2) is 0 Å². The Morgan fingerprint density at radius 3 is 2.62 bits per heavy atom. The van der Waals surface area contributed by atoms with Crippen LogP contribution in [0.5, 0.6) is 0 Å². The van der Waals surface area contributed by atoms with Crippen LogP contribution < -0.4 is 10.6 Å². The number of hydrogen-bond acceptors (Lipinski definition) is 4. The van der Waals surface area contributed by atoms with Gasteiger partial charge in [-0.1, -0.05) is 0 Å². The molecule has 8 heteroatoms. The number of anilines is 1. The standard InChI is InChI=1S/C8H10F3N3OS/c1-4-5(7(12-2)16-14-4)6(15)13-3-8(9,10)11/h12H,3H2,1-2H3,(H,13,15). The maximum Gasteiger partial charge on any atom is 0.405 e. The molecule has 16 heavy (non-hydrogen) atoms. The quantitative estimate of drug-likeness (QED) is 0.863. The van der Waals surface area contributed by atoms with Crippen LogP contribution in [0, 0.1) is 6.92 Å². The lowest BCUT2D eigenvalue weighted by molar-refractivity contribution is -0.123. The van der Waals surface area contributed by atoms with E-state index < -0.39 is 18.6 Å². The van der Waals surface area contributed by atoms with Crippen LogP contribution in [0.2, 0.25) is 0 Å². The number of carbonyl (C=O) groups excluding carboxylic acids is 1. The van der Waals surface area contributed by atoms with Crippen LogP contribution in [0.1, 0.15) is 16.1 Å². The van der Waals surface area contributed by atoms with E-state index in [1.54, 1.807) is 19.3 Å². The molecule has 0 atom stereocenters. The Labute approximate surface area is 94.0 Å². The van der Waals surface area contributed by atoms with Crippen molar-refractivity contribution in [1.29, 1.82) is 0 Å². The van der Waals surface area contributed by atoms with Crippen molar-refractivity contribution >= 4 is 22.4 Å². The van der Waals surface area contributed by atoms with Crippen molar-refractivity contribution in [3.05, 3.63) is 11.3 Å². The largest absolute Gasteiger partial charge is 0.405 e. The summed E-state index contributed by atoms with van der Waals surface area (Å²) in [6.07, 6.45) is -4.41. The monoisotopic (exact) mass is 253 g/mol. The Hall–Kier alpha value is -1.31. The van der Waals surface area contributed by atoms with Crippen LogP contribution in [0.25, 0.3) is 0 Å². The molecule has 0 fully saturated rings. The zero-order valence-electron chi connectivity index (χ0n) is 8.60. The molecule has 1 aromatic heterocycles. The van der Waals surface area contributed by atoms with Gasteiger partial charge in [0.15, 0.2) is 0 Å². The maximum atomic E-state index is 11.9. The van der Waals surface area contributed by atoms with E-state index >= 15 is 0 Å². The van der Waals surface area contributed by atoms with Gasteiger partial charge in [-0.05, 0) is 18.5 Å².